The second kappa shape index (κ2) is 9.69. The van der Waals surface area contributed by atoms with E-state index in [0.29, 0.717) is 6.61 Å². The van der Waals surface area contributed by atoms with Gasteiger partial charge in [-0.3, -0.25) is 0 Å². The van der Waals surface area contributed by atoms with Crippen LogP contribution in [0.15, 0.2) is 36.4 Å². The van der Waals surface area contributed by atoms with Crippen LogP contribution in [0.3, 0.4) is 0 Å². The van der Waals surface area contributed by atoms with Gasteiger partial charge in [-0.25, -0.2) is 4.79 Å². The third kappa shape index (κ3) is 4.58. The second-order valence-electron chi connectivity index (χ2n) is 10.7. The van der Waals surface area contributed by atoms with Crippen molar-refractivity contribution in [1.82, 2.24) is 0 Å². The number of allylic oxidation sites excluding steroid dienone is 1. The summed E-state index contributed by atoms with van der Waals surface area (Å²) in [5.41, 5.74) is 4.67. The van der Waals surface area contributed by atoms with Crippen LogP contribution >= 0.6 is 0 Å². The number of aromatic carboxylic acids is 1. The molecular weight excluding hydrogens is 440 g/mol. The number of hydrogen-bond donors (Lipinski definition) is 1. The number of rotatable bonds is 9. The van der Waals surface area contributed by atoms with Crippen molar-refractivity contribution >= 4 is 17.6 Å². The zero-order valence-electron chi connectivity index (χ0n) is 21.0. The van der Waals surface area contributed by atoms with Crippen LogP contribution < -0.4 is 9.47 Å². The molecule has 186 valence electrons. The molecule has 4 fully saturated rings. The molecule has 0 aliphatic heterocycles. The Morgan fingerprint density at radius 2 is 1.66 bits per heavy atom. The molecule has 2 aromatic rings. The first-order valence-corrected chi connectivity index (χ1v) is 12.9. The fraction of sp³-hybridized carbons (Fsp3) is 0.500. The maximum absolute atomic E-state index is 11.2. The predicted molar refractivity (Wildman–Crippen MR) is 137 cm³/mol. The third-order valence-electron chi connectivity index (χ3n) is 8.36. The Kier molecular flexibility index (Phi) is 6.63. The number of hydrogen-bond acceptors (Lipinski definition) is 4. The Morgan fingerprint density at radius 1 is 1.03 bits per heavy atom. The lowest BCUT2D eigenvalue weighted by molar-refractivity contribution is -0.0120. The predicted octanol–water partition coefficient (Wildman–Crippen LogP) is 6.79. The molecule has 4 bridgehead atoms. The summed E-state index contributed by atoms with van der Waals surface area (Å²) in [6.45, 7) is 4.86. The summed E-state index contributed by atoms with van der Waals surface area (Å²) in [4.78, 5) is 11.2. The number of methoxy groups -OCH3 is 1. The van der Waals surface area contributed by atoms with Gasteiger partial charge in [0.2, 0.25) is 0 Å². The summed E-state index contributed by atoms with van der Waals surface area (Å²) in [5.74, 6) is 3.30. The SMILES string of the molecule is CCOCOc1c(/C(C)=C\c2ccc(C(=O)O)cc2)ccc(OC)c1C12CC3CC(CC(C3)C1)C2. The molecule has 2 aromatic carbocycles. The van der Waals surface area contributed by atoms with Gasteiger partial charge in [-0.05, 0) is 106 Å². The molecule has 35 heavy (non-hydrogen) atoms. The number of ether oxygens (including phenoxy) is 3. The number of carboxylic acids is 1. The minimum Gasteiger partial charge on any atom is -0.496 e. The van der Waals surface area contributed by atoms with E-state index in [1.54, 1.807) is 19.2 Å². The topological polar surface area (TPSA) is 65.0 Å². The molecular formula is C30H36O5. The van der Waals surface area contributed by atoms with E-state index in [4.69, 9.17) is 14.2 Å². The Labute approximate surface area is 208 Å². The molecule has 0 atom stereocenters. The summed E-state index contributed by atoms with van der Waals surface area (Å²) in [7, 11) is 1.76. The summed E-state index contributed by atoms with van der Waals surface area (Å²) in [6, 6.07) is 11.2. The monoisotopic (exact) mass is 476 g/mol. The summed E-state index contributed by atoms with van der Waals surface area (Å²) >= 11 is 0. The van der Waals surface area contributed by atoms with Gasteiger partial charge in [0.25, 0.3) is 0 Å². The van der Waals surface area contributed by atoms with E-state index in [-0.39, 0.29) is 17.8 Å². The first kappa shape index (κ1) is 23.9. The average molecular weight is 477 g/mol. The smallest absolute Gasteiger partial charge is 0.335 e. The fourth-order valence-corrected chi connectivity index (χ4v) is 7.35. The summed E-state index contributed by atoms with van der Waals surface area (Å²) in [5, 5.41) is 9.22. The Bertz CT molecular complexity index is 1080. The van der Waals surface area contributed by atoms with E-state index in [0.717, 1.165) is 46.0 Å². The van der Waals surface area contributed by atoms with E-state index in [9.17, 15) is 9.90 Å². The van der Waals surface area contributed by atoms with Crippen LogP contribution in [0.25, 0.3) is 11.6 Å². The molecule has 0 saturated heterocycles. The molecule has 0 unspecified atom stereocenters. The number of benzene rings is 2. The lowest BCUT2D eigenvalue weighted by Crippen LogP contribution is -2.48. The number of carboxylic acid groups (broad SMARTS) is 1. The van der Waals surface area contributed by atoms with Crippen molar-refractivity contribution in [3.05, 3.63) is 58.7 Å². The fourth-order valence-electron chi connectivity index (χ4n) is 7.35. The van der Waals surface area contributed by atoms with Crippen molar-refractivity contribution in [3.8, 4) is 11.5 Å². The van der Waals surface area contributed by atoms with E-state index in [1.807, 2.05) is 19.1 Å². The Balaban J connectivity index is 1.59. The first-order valence-electron chi connectivity index (χ1n) is 12.9. The molecule has 6 rings (SSSR count). The van der Waals surface area contributed by atoms with Crippen LogP contribution in [-0.4, -0.2) is 31.6 Å². The highest BCUT2D eigenvalue weighted by molar-refractivity contribution is 5.89. The zero-order valence-corrected chi connectivity index (χ0v) is 21.0. The second-order valence-corrected chi connectivity index (χ2v) is 10.7. The normalized spacial score (nSPS) is 27.2. The molecule has 0 aromatic heterocycles. The molecule has 5 nitrogen and oxygen atoms in total. The van der Waals surface area contributed by atoms with Gasteiger partial charge in [0.05, 0.1) is 12.7 Å². The molecule has 4 saturated carbocycles. The van der Waals surface area contributed by atoms with E-state index in [1.165, 1.54) is 44.1 Å². The Morgan fingerprint density at radius 3 is 2.20 bits per heavy atom. The highest BCUT2D eigenvalue weighted by Gasteiger charge is 2.53. The minimum atomic E-state index is -0.917. The highest BCUT2D eigenvalue weighted by atomic mass is 16.7. The molecule has 0 radical (unpaired) electrons. The van der Waals surface area contributed by atoms with Gasteiger partial charge in [-0.2, -0.15) is 0 Å². The maximum Gasteiger partial charge on any atom is 0.335 e. The van der Waals surface area contributed by atoms with E-state index in [2.05, 4.69) is 25.1 Å². The molecule has 0 heterocycles. The van der Waals surface area contributed by atoms with Crippen molar-refractivity contribution in [1.29, 1.82) is 0 Å². The van der Waals surface area contributed by atoms with Crippen molar-refractivity contribution in [2.75, 3.05) is 20.5 Å². The molecule has 0 amide bonds. The molecule has 4 aliphatic carbocycles. The van der Waals surface area contributed by atoms with Gasteiger partial charge in [0, 0.05) is 23.1 Å². The Hall–Kier alpha value is -2.79. The van der Waals surface area contributed by atoms with Crippen LogP contribution in [0.1, 0.15) is 79.4 Å². The van der Waals surface area contributed by atoms with Crippen LogP contribution in [0.4, 0.5) is 0 Å². The maximum atomic E-state index is 11.2. The molecule has 5 heteroatoms. The van der Waals surface area contributed by atoms with Crippen molar-refractivity contribution in [2.24, 2.45) is 17.8 Å². The van der Waals surface area contributed by atoms with E-state index >= 15 is 0 Å². The molecule has 1 N–H and O–H groups in total. The van der Waals surface area contributed by atoms with Gasteiger partial charge in [0.1, 0.15) is 11.5 Å². The third-order valence-corrected chi connectivity index (χ3v) is 8.36. The largest absolute Gasteiger partial charge is 0.496 e. The highest BCUT2D eigenvalue weighted by Crippen LogP contribution is 2.63. The number of carbonyl (C=O) groups is 1. The lowest BCUT2D eigenvalue weighted by Gasteiger charge is -2.57. The molecule has 0 spiro atoms. The summed E-state index contributed by atoms with van der Waals surface area (Å²) in [6.07, 6.45) is 9.85. The van der Waals surface area contributed by atoms with Crippen molar-refractivity contribution in [2.45, 2.75) is 57.8 Å². The van der Waals surface area contributed by atoms with Gasteiger partial charge in [-0.1, -0.05) is 18.2 Å². The first-order chi connectivity index (χ1) is 16.9. The van der Waals surface area contributed by atoms with Crippen molar-refractivity contribution < 1.29 is 24.1 Å². The van der Waals surface area contributed by atoms with Gasteiger partial charge < -0.3 is 19.3 Å². The van der Waals surface area contributed by atoms with Crippen molar-refractivity contribution in [3.63, 3.8) is 0 Å². The van der Waals surface area contributed by atoms with Crippen LogP contribution in [0.2, 0.25) is 0 Å². The molecule has 4 aliphatic rings. The standard InChI is InChI=1S/C30H36O5/c1-4-34-18-35-28-25(19(2)11-20-5-7-24(8-6-20)29(31)32)9-10-26(33-3)27(28)30-15-21-12-22(16-30)14-23(13-21)17-30/h5-11,21-23H,4,12-18H2,1-3H3,(H,31,32)/b19-11-. The zero-order chi connectivity index (χ0) is 24.6. The van der Waals surface area contributed by atoms with E-state index < -0.39 is 5.97 Å². The van der Waals surface area contributed by atoms with Crippen LogP contribution in [0, 0.1) is 17.8 Å². The quantitative estimate of drug-likeness (QED) is 0.245. The minimum absolute atomic E-state index is 0.0983. The summed E-state index contributed by atoms with van der Waals surface area (Å²) < 4.78 is 18.0. The van der Waals surface area contributed by atoms with Crippen LogP contribution in [-0.2, 0) is 10.2 Å². The van der Waals surface area contributed by atoms with Gasteiger partial charge in [-0.15, -0.1) is 0 Å². The lowest BCUT2D eigenvalue weighted by atomic mass is 9.47. The van der Waals surface area contributed by atoms with Crippen LogP contribution in [0.5, 0.6) is 11.5 Å². The average Bonchev–Trinajstić information content (AvgIpc) is 2.83. The van der Waals surface area contributed by atoms with Gasteiger partial charge >= 0.3 is 5.97 Å². The van der Waals surface area contributed by atoms with Gasteiger partial charge in [0.15, 0.2) is 6.79 Å².